The summed E-state index contributed by atoms with van der Waals surface area (Å²) in [6, 6.07) is 0.640. The number of hydrogen-bond acceptors (Lipinski definition) is 4. The number of rotatable bonds is 6. The van der Waals surface area contributed by atoms with Crippen LogP contribution >= 0.6 is 34.7 Å². The maximum absolute atomic E-state index is 5.80. The van der Waals surface area contributed by atoms with E-state index in [1.807, 2.05) is 18.0 Å². The van der Waals surface area contributed by atoms with Crippen molar-refractivity contribution in [2.24, 2.45) is 0 Å². The van der Waals surface area contributed by atoms with Crippen LogP contribution in [0.2, 0.25) is 4.47 Å². The van der Waals surface area contributed by atoms with Crippen LogP contribution in [0, 0.1) is 0 Å². The Morgan fingerprint density at radius 1 is 1.67 bits per heavy atom. The minimum atomic E-state index is 0.635. The largest absolute Gasteiger partial charge is 0.297 e. The lowest BCUT2D eigenvalue weighted by atomic mass is 10.2. The molecule has 5 heteroatoms. The summed E-state index contributed by atoms with van der Waals surface area (Å²) in [5.41, 5.74) is 0. The van der Waals surface area contributed by atoms with E-state index in [1.165, 1.54) is 17.1 Å². The molecule has 0 N–H and O–H groups in total. The van der Waals surface area contributed by atoms with Gasteiger partial charge in [0.25, 0.3) is 0 Å². The third-order valence-corrected chi connectivity index (χ3v) is 4.20. The van der Waals surface area contributed by atoms with E-state index in [1.54, 1.807) is 11.3 Å². The van der Waals surface area contributed by atoms with E-state index in [4.69, 9.17) is 11.6 Å². The normalized spacial score (nSPS) is 13.4. The van der Waals surface area contributed by atoms with E-state index in [9.17, 15) is 0 Å². The van der Waals surface area contributed by atoms with Crippen molar-refractivity contribution in [1.29, 1.82) is 0 Å². The molecule has 0 amide bonds. The van der Waals surface area contributed by atoms with Crippen LogP contribution in [0.3, 0.4) is 0 Å². The minimum Gasteiger partial charge on any atom is -0.297 e. The standard InChI is InChI=1S/C10H17ClN2S2/c1-4-8(7-14-3)13(2)6-9-5-12-10(11)15-9/h5,8H,4,6-7H2,1-3H3. The first kappa shape index (κ1) is 13.3. The number of thioether (sulfide) groups is 1. The van der Waals surface area contributed by atoms with E-state index in [-0.39, 0.29) is 0 Å². The summed E-state index contributed by atoms with van der Waals surface area (Å²) in [4.78, 5) is 7.67. The van der Waals surface area contributed by atoms with Gasteiger partial charge < -0.3 is 0 Å². The smallest absolute Gasteiger partial charge is 0.183 e. The fourth-order valence-electron chi connectivity index (χ4n) is 1.48. The van der Waals surface area contributed by atoms with Gasteiger partial charge in [0.2, 0.25) is 0 Å². The Hall–Kier alpha value is 0.230. The van der Waals surface area contributed by atoms with Crippen molar-refractivity contribution in [2.75, 3.05) is 19.1 Å². The summed E-state index contributed by atoms with van der Waals surface area (Å²) in [5, 5.41) is 0. The molecule has 1 aromatic heterocycles. The topological polar surface area (TPSA) is 16.1 Å². The summed E-state index contributed by atoms with van der Waals surface area (Å²) < 4.78 is 0.635. The van der Waals surface area contributed by atoms with Gasteiger partial charge in [0.1, 0.15) is 0 Å². The van der Waals surface area contributed by atoms with Crippen molar-refractivity contribution < 1.29 is 0 Å². The quantitative estimate of drug-likeness (QED) is 0.784. The molecule has 1 atom stereocenters. The zero-order chi connectivity index (χ0) is 11.3. The van der Waals surface area contributed by atoms with E-state index < -0.39 is 0 Å². The molecule has 1 unspecified atom stereocenters. The van der Waals surface area contributed by atoms with Gasteiger partial charge in [0.15, 0.2) is 4.47 Å². The Morgan fingerprint density at radius 3 is 2.87 bits per heavy atom. The van der Waals surface area contributed by atoms with Crippen LogP contribution < -0.4 is 0 Å². The molecule has 0 bridgehead atoms. The molecule has 0 aliphatic carbocycles. The first-order valence-electron chi connectivity index (χ1n) is 4.96. The Kier molecular flexibility index (Phi) is 5.97. The Balaban J connectivity index is 2.49. The second-order valence-electron chi connectivity index (χ2n) is 3.51. The second kappa shape index (κ2) is 6.74. The second-order valence-corrected chi connectivity index (χ2v) is 6.12. The molecule has 0 spiro atoms. The van der Waals surface area contributed by atoms with Crippen LogP contribution in [-0.4, -0.2) is 35.0 Å². The molecule has 0 radical (unpaired) electrons. The van der Waals surface area contributed by atoms with Crippen molar-refractivity contribution in [3.05, 3.63) is 15.5 Å². The molecule has 0 fully saturated rings. The monoisotopic (exact) mass is 264 g/mol. The molecular weight excluding hydrogens is 248 g/mol. The Morgan fingerprint density at radius 2 is 2.40 bits per heavy atom. The van der Waals surface area contributed by atoms with Crippen LogP contribution in [0.25, 0.3) is 0 Å². The lowest BCUT2D eigenvalue weighted by Gasteiger charge is -2.25. The predicted octanol–water partition coefficient (Wildman–Crippen LogP) is 3.37. The highest BCUT2D eigenvalue weighted by Crippen LogP contribution is 2.20. The van der Waals surface area contributed by atoms with Gasteiger partial charge in [-0.15, -0.1) is 11.3 Å². The highest BCUT2D eigenvalue weighted by Gasteiger charge is 2.13. The van der Waals surface area contributed by atoms with Crippen molar-refractivity contribution in [3.63, 3.8) is 0 Å². The number of hydrogen-bond donors (Lipinski definition) is 0. The van der Waals surface area contributed by atoms with E-state index in [0.29, 0.717) is 10.5 Å². The van der Waals surface area contributed by atoms with E-state index >= 15 is 0 Å². The molecule has 1 heterocycles. The van der Waals surface area contributed by atoms with Gasteiger partial charge >= 0.3 is 0 Å². The lowest BCUT2D eigenvalue weighted by Crippen LogP contribution is -2.32. The molecule has 0 saturated carbocycles. The van der Waals surface area contributed by atoms with Gasteiger partial charge in [0.05, 0.1) is 0 Å². The molecule has 0 aliphatic heterocycles. The highest BCUT2D eigenvalue weighted by atomic mass is 35.5. The highest BCUT2D eigenvalue weighted by molar-refractivity contribution is 7.98. The zero-order valence-electron chi connectivity index (χ0n) is 9.36. The minimum absolute atomic E-state index is 0.635. The number of nitrogens with zero attached hydrogens (tertiary/aromatic N) is 2. The van der Waals surface area contributed by atoms with Gasteiger partial charge in [-0.25, -0.2) is 4.98 Å². The summed E-state index contributed by atoms with van der Waals surface area (Å²) in [7, 11) is 2.16. The number of halogens is 1. The first-order chi connectivity index (χ1) is 7.17. The summed E-state index contributed by atoms with van der Waals surface area (Å²) in [5.74, 6) is 1.18. The van der Waals surface area contributed by atoms with Crippen LogP contribution in [-0.2, 0) is 6.54 Å². The zero-order valence-corrected chi connectivity index (χ0v) is 11.8. The summed E-state index contributed by atoms with van der Waals surface area (Å²) in [6.07, 6.45) is 5.21. The fourth-order valence-corrected chi connectivity index (χ4v) is 3.40. The molecule has 0 aliphatic rings. The Labute approximate surface area is 105 Å². The fraction of sp³-hybridized carbons (Fsp3) is 0.700. The predicted molar refractivity (Wildman–Crippen MR) is 71.1 cm³/mol. The number of aromatic nitrogens is 1. The molecule has 1 aromatic rings. The van der Waals surface area contributed by atoms with E-state index in [2.05, 4.69) is 30.1 Å². The molecule has 86 valence electrons. The van der Waals surface area contributed by atoms with Crippen LogP contribution in [0.4, 0.5) is 0 Å². The summed E-state index contributed by atoms with van der Waals surface area (Å²) in [6.45, 7) is 3.18. The maximum atomic E-state index is 5.80. The van der Waals surface area contributed by atoms with Gasteiger partial charge in [-0.05, 0) is 19.7 Å². The van der Waals surface area contributed by atoms with Crippen molar-refractivity contribution in [2.45, 2.75) is 25.9 Å². The molecule has 2 nitrogen and oxygen atoms in total. The SMILES string of the molecule is CCC(CSC)N(C)Cc1cnc(Cl)s1. The Bertz CT molecular complexity index is 291. The van der Waals surface area contributed by atoms with Crippen LogP contribution in [0.1, 0.15) is 18.2 Å². The molecule has 0 saturated heterocycles. The molecular formula is C10H17ClN2S2. The average Bonchev–Trinajstić information content (AvgIpc) is 2.60. The first-order valence-corrected chi connectivity index (χ1v) is 7.55. The molecule has 1 rings (SSSR count). The van der Waals surface area contributed by atoms with E-state index in [0.717, 1.165) is 6.54 Å². The van der Waals surface area contributed by atoms with Crippen molar-refractivity contribution in [3.8, 4) is 0 Å². The van der Waals surface area contributed by atoms with Crippen molar-refractivity contribution >= 4 is 34.7 Å². The number of thiazole rings is 1. The van der Waals surface area contributed by atoms with Gasteiger partial charge in [0, 0.05) is 29.4 Å². The van der Waals surface area contributed by atoms with Crippen LogP contribution in [0.15, 0.2) is 6.20 Å². The third kappa shape index (κ3) is 4.31. The summed E-state index contributed by atoms with van der Waals surface area (Å²) >= 11 is 9.27. The van der Waals surface area contributed by atoms with Gasteiger partial charge in [-0.2, -0.15) is 11.8 Å². The van der Waals surface area contributed by atoms with Crippen molar-refractivity contribution in [1.82, 2.24) is 9.88 Å². The van der Waals surface area contributed by atoms with Gasteiger partial charge in [-0.1, -0.05) is 18.5 Å². The molecule has 15 heavy (non-hydrogen) atoms. The lowest BCUT2D eigenvalue weighted by molar-refractivity contribution is 0.250. The van der Waals surface area contributed by atoms with Gasteiger partial charge in [-0.3, -0.25) is 4.90 Å². The third-order valence-electron chi connectivity index (χ3n) is 2.38. The van der Waals surface area contributed by atoms with Crippen LogP contribution in [0.5, 0.6) is 0 Å². The maximum Gasteiger partial charge on any atom is 0.183 e. The molecule has 0 aromatic carbocycles. The average molecular weight is 265 g/mol.